The second-order valence-electron chi connectivity index (χ2n) is 6.87. The maximum atomic E-state index is 12.8. The smallest absolute Gasteiger partial charge is 0.433 e. The van der Waals surface area contributed by atoms with Gasteiger partial charge in [0.2, 0.25) is 0 Å². The summed E-state index contributed by atoms with van der Waals surface area (Å²) >= 11 is 6.22. The fourth-order valence-corrected chi connectivity index (χ4v) is 3.61. The van der Waals surface area contributed by atoms with Gasteiger partial charge in [-0.05, 0) is 50.2 Å². The Bertz CT molecular complexity index is 867. The second-order valence-corrected chi connectivity index (χ2v) is 7.30. The number of carbonyl (C=O) groups excluding carboxylic acids is 1. The van der Waals surface area contributed by atoms with Gasteiger partial charge in [0.25, 0.3) is 5.91 Å². The third-order valence-electron chi connectivity index (χ3n) is 4.73. The van der Waals surface area contributed by atoms with Crippen molar-refractivity contribution in [1.82, 2.24) is 9.88 Å². The summed E-state index contributed by atoms with van der Waals surface area (Å²) in [4.78, 5) is 18.4. The summed E-state index contributed by atoms with van der Waals surface area (Å²) in [6, 6.07) is 5.21. The normalized spacial score (nSPS) is 15.2. The van der Waals surface area contributed by atoms with E-state index in [1.807, 2.05) is 0 Å². The van der Waals surface area contributed by atoms with Crippen LogP contribution in [-0.4, -0.2) is 36.0 Å². The number of ether oxygens (including phenoxy) is 1. The van der Waals surface area contributed by atoms with Crippen molar-refractivity contribution in [3.05, 3.63) is 52.3 Å². The summed E-state index contributed by atoms with van der Waals surface area (Å²) in [6.45, 7) is 2.54. The molecule has 0 aliphatic carbocycles. The summed E-state index contributed by atoms with van der Waals surface area (Å²) in [5, 5.41) is 2.93. The van der Waals surface area contributed by atoms with Gasteiger partial charge >= 0.3 is 6.18 Å². The molecule has 9 heteroatoms. The topological polar surface area (TPSA) is 54.5 Å². The van der Waals surface area contributed by atoms with Crippen molar-refractivity contribution in [2.24, 2.45) is 0 Å². The molecule has 0 saturated carbocycles. The van der Waals surface area contributed by atoms with E-state index in [9.17, 15) is 18.0 Å². The molecule has 0 radical (unpaired) electrons. The lowest BCUT2D eigenvalue weighted by atomic mass is 10.1. The van der Waals surface area contributed by atoms with Crippen LogP contribution in [0.3, 0.4) is 0 Å². The van der Waals surface area contributed by atoms with Crippen molar-refractivity contribution in [2.75, 3.05) is 25.5 Å². The predicted molar refractivity (Wildman–Crippen MR) is 104 cm³/mol. The fraction of sp³-hybridized carbons (Fsp3) is 0.400. The number of halogens is 4. The van der Waals surface area contributed by atoms with Gasteiger partial charge in [-0.15, -0.1) is 0 Å². The number of hydrogen-bond donors (Lipinski definition) is 1. The summed E-state index contributed by atoms with van der Waals surface area (Å²) in [7, 11) is 1.47. The molecule has 1 aromatic carbocycles. The van der Waals surface area contributed by atoms with Gasteiger partial charge in [0.1, 0.15) is 11.4 Å². The summed E-state index contributed by atoms with van der Waals surface area (Å²) < 4.78 is 43.4. The maximum Gasteiger partial charge on any atom is 0.433 e. The number of nitrogens with zero attached hydrogens (tertiary/aromatic N) is 2. The molecular formula is C20H21ClF3N3O2. The lowest BCUT2D eigenvalue weighted by molar-refractivity contribution is -0.141. The van der Waals surface area contributed by atoms with Crippen LogP contribution in [-0.2, 0) is 12.7 Å². The minimum absolute atomic E-state index is 0.141. The Morgan fingerprint density at radius 1 is 1.24 bits per heavy atom. The Kier molecular flexibility index (Phi) is 6.64. The van der Waals surface area contributed by atoms with Gasteiger partial charge in [-0.3, -0.25) is 9.69 Å². The zero-order chi connectivity index (χ0) is 21.0. The first kappa shape index (κ1) is 21.4. The quantitative estimate of drug-likeness (QED) is 0.729. The number of hydrogen-bond acceptors (Lipinski definition) is 4. The molecule has 1 aliphatic heterocycles. The van der Waals surface area contributed by atoms with Crippen molar-refractivity contribution in [3.8, 4) is 5.75 Å². The number of alkyl halides is 3. The molecule has 1 aliphatic rings. The molecule has 5 nitrogen and oxygen atoms in total. The molecule has 1 N–H and O–H groups in total. The minimum atomic E-state index is -4.54. The first-order valence-corrected chi connectivity index (χ1v) is 9.59. The molecular weight excluding hydrogens is 407 g/mol. The van der Waals surface area contributed by atoms with Gasteiger partial charge in [-0.2, -0.15) is 13.2 Å². The maximum absolute atomic E-state index is 12.8. The van der Waals surface area contributed by atoms with Crippen LogP contribution in [0.15, 0.2) is 30.5 Å². The molecule has 0 unspecified atom stereocenters. The molecule has 1 aromatic heterocycles. The standard InChI is InChI=1S/C20H21ClF3N3O2/c1-29-18-13(12-27-7-3-2-4-8-27)9-14(21)10-16(18)19(28)26-15-5-6-17(25-11-15)20(22,23)24/h5-6,9-11H,2-4,7-8,12H2,1H3,(H,26,28). The average molecular weight is 428 g/mol. The van der Waals surface area contributed by atoms with Crippen molar-refractivity contribution in [1.29, 1.82) is 0 Å². The number of aromatic nitrogens is 1. The number of pyridine rings is 1. The van der Waals surface area contributed by atoms with Crippen molar-refractivity contribution >= 4 is 23.2 Å². The molecule has 0 bridgehead atoms. The van der Waals surface area contributed by atoms with E-state index in [-0.39, 0.29) is 11.3 Å². The van der Waals surface area contributed by atoms with Crippen LogP contribution in [0, 0.1) is 0 Å². The highest BCUT2D eigenvalue weighted by Gasteiger charge is 2.32. The first-order valence-electron chi connectivity index (χ1n) is 9.21. The van der Waals surface area contributed by atoms with Crippen LogP contribution in [0.25, 0.3) is 0 Å². The van der Waals surface area contributed by atoms with E-state index < -0.39 is 17.8 Å². The van der Waals surface area contributed by atoms with Crippen LogP contribution < -0.4 is 10.1 Å². The minimum Gasteiger partial charge on any atom is -0.496 e. The SMILES string of the molecule is COc1c(CN2CCCCC2)cc(Cl)cc1C(=O)Nc1ccc(C(F)(F)F)nc1. The van der Waals surface area contributed by atoms with Gasteiger partial charge in [-0.25, -0.2) is 4.98 Å². The molecule has 1 saturated heterocycles. The molecule has 2 heterocycles. The third kappa shape index (κ3) is 5.39. The Morgan fingerprint density at radius 2 is 1.97 bits per heavy atom. The summed E-state index contributed by atoms with van der Waals surface area (Å²) in [6.07, 6.45) is -0.124. The second kappa shape index (κ2) is 9.00. The summed E-state index contributed by atoms with van der Waals surface area (Å²) in [5.41, 5.74) is 0.117. The Morgan fingerprint density at radius 3 is 2.55 bits per heavy atom. The number of piperidine rings is 1. The monoisotopic (exact) mass is 427 g/mol. The Hall–Kier alpha value is -2.32. The van der Waals surface area contributed by atoms with E-state index in [2.05, 4.69) is 15.2 Å². The Balaban J connectivity index is 1.82. The number of likely N-dealkylation sites (tertiary alicyclic amines) is 1. The number of methoxy groups -OCH3 is 1. The number of benzene rings is 1. The molecule has 156 valence electrons. The molecule has 3 rings (SSSR count). The van der Waals surface area contributed by atoms with Crippen LogP contribution >= 0.6 is 11.6 Å². The molecule has 0 atom stereocenters. The van der Waals surface area contributed by atoms with Gasteiger partial charge in [0, 0.05) is 17.1 Å². The predicted octanol–water partition coefficient (Wildman–Crippen LogP) is 5.00. The number of carbonyl (C=O) groups is 1. The largest absolute Gasteiger partial charge is 0.496 e. The average Bonchev–Trinajstić information content (AvgIpc) is 2.68. The molecule has 1 amide bonds. The fourth-order valence-electron chi connectivity index (χ4n) is 3.37. The number of rotatable bonds is 5. The highest BCUT2D eigenvalue weighted by atomic mass is 35.5. The lowest BCUT2D eigenvalue weighted by Gasteiger charge is -2.27. The van der Waals surface area contributed by atoms with E-state index in [0.717, 1.165) is 49.8 Å². The number of nitrogens with one attached hydrogen (secondary N) is 1. The molecule has 2 aromatic rings. The van der Waals surface area contributed by atoms with Gasteiger partial charge in [0.05, 0.1) is 24.6 Å². The molecule has 0 spiro atoms. The van der Waals surface area contributed by atoms with Crippen LogP contribution in [0.4, 0.5) is 18.9 Å². The number of amides is 1. The molecule has 1 fully saturated rings. The van der Waals surface area contributed by atoms with E-state index in [1.165, 1.54) is 19.6 Å². The lowest BCUT2D eigenvalue weighted by Crippen LogP contribution is -2.29. The number of anilines is 1. The summed E-state index contributed by atoms with van der Waals surface area (Å²) in [5.74, 6) is -0.136. The van der Waals surface area contributed by atoms with Crippen molar-refractivity contribution in [2.45, 2.75) is 32.0 Å². The van der Waals surface area contributed by atoms with Crippen molar-refractivity contribution < 1.29 is 22.7 Å². The zero-order valence-electron chi connectivity index (χ0n) is 15.9. The van der Waals surface area contributed by atoms with Crippen molar-refractivity contribution in [3.63, 3.8) is 0 Å². The van der Waals surface area contributed by atoms with Gasteiger partial charge in [-0.1, -0.05) is 18.0 Å². The van der Waals surface area contributed by atoms with Gasteiger partial charge in [0.15, 0.2) is 0 Å². The third-order valence-corrected chi connectivity index (χ3v) is 4.95. The van der Waals surface area contributed by atoms with Crippen LogP contribution in [0.1, 0.15) is 40.9 Å². The van der Waals surface area contributed by atoms with E-state index in [0.29, 0.717) is 17.3 Å². The first-order chi connectivity index (χ1) is 13.8. The zero-order valence-corrected chi connectivity index (χ0v) is 16.6. The van der Waals surface area contributed by atoms with Gasteiger partial charge < -0.3 is 10.1 Å². The van der Waals surface area contributed by atoms with Crippen LogP contribution in [0.2, 0.25) is 5.02 Å². The van der Waals surface area contributed by atoms with Crippen LogP contribution in [0.5, 0.6) is 5.75 Å². The highest BCUT2D eigenvalue weighted by molar-refractivity contribution is 6.31. The van der Waals surface area contributed by atoms with E-state index in [1.54, 1.807) is 6.07 Å². The van der Waals surface area contributed by atoms with E-state index >= 15 is 0 Å². The Labute approximate surface area is 171 Å². The highest BCUT2D eigenvalue weighted by Crippen LogP contribution is 2.31. The molecule has 29 heavy (non-hydrogen) atoms. The van der Waals surface area contributed by atoms with E-state index in [4.69, 9.17) is 16.3 Å².